The predicted octanol–water partition coefficient (Wildman–Crippen LogP) is 1.59. The lowest BCUT2D eigenvalue weighted by Crippen LogP contribution is -3.16. The van der Waals surface area contributed by atoms with Crippen LogP contribution in [0.1, 0.15) is 11.1 Å². The monoisotopic (exact) mass is 359 g/mol. The number of aryl methyl sites for hydroxylation is 2. The van der Waals surface area contributed by atoms with E-state index >= 15 is 0 Å². The molecule has 2 aromatic carbocycles. The third-order valence-corrected chi connectivity index (χ3v) is 4.95. The molecule has 0 spiro atoms. The first kappa shape index (κ1) is 18.7. The number of hydrogen-bond acceptors (Lipinski definition) is 3. The first-order valence-corrected chi connectivity index (χ1v) is 9.24. The lowest BCUT2D eigenvalue weighted by atomic mass is 10.1. The van der Waals surface area contributed by atoms with Gasteiger partial charge in [-0.15, -0.1) is 0 Å². The van der Waals surface area contributed by atoms with Gasteiger partial charge in [0.2, 0.25) is 0 Å². The van der Waals surface area contributed by atoms with Crippen LogP contribution in [0.25, 0.3) is 0 Å². The third-order valence-electron chi connectivity index (χ3n) is 4.95. The normalized spacial score (nSPS) is 16.5. The summed E-state index contributed by atoms with van der Waals surface area (Å²) in [5, 5.41) is 10.3. The number of rotatable bonds is 6. The second kappa shape index (κ2) is 8.52. The van der Waals surface area contributed by atoms with Gasteiger partial charge in [-0.05, 0) is 37.6 Å². The molecule has 0 radical (unpaired) electrons. The predicted molar refractivity (Wildman–Crippen MR) is 102 cm³/mol. The summed E-state index contributed by atoms with van der Waals surface area (Å²) in [6.45, 7) is 8.37. The highest BCUT2D eigenvalue weighted by Gasteiger charge is 2.24. The number of benzene rings is 2. The summed E-state index contributed by atoms with van der Waals surface area (Å²) in [5.41, 5.74) is 2.96. The number of nitrogens with zero attached hydrogens (tertiary/aromatic N) is 1. The minimum absolute atomic E-state index is 0.169. The maximum Gasteiger partial charge on any atom is 0.146 e. The second-order valence-electron chi connectivity index (χ2n) is 7.13. The number of anilines is 1. The van der Waals surface area contributed by atoms with Crippen LogP contribution in [0.5, 0.6) is 5.75 Å². The second-order valence-corrected chi connectivity index (χ2v) is 7.13. The minimum atomic E-state index is -0.509. The van der Waals surface area contributed by atoms with Crippen LogP contribution in [0.3, 0.4) is 0 Å². The van der Waals surface area contributed by atoms with Gasteiger partial charge in [0, 0.05) is 0 Å². The Morgan fingerprint density at radius 3 is 2.58 bits per heavy atom. The molecule has 1 unspecified atom stereocenters. The van der Waals surface area contributed by atoms with Gasteiger partial charge in [0.05, 0.1) is 31.9 Å². The maximum atomic E-state index is 13.9. The molecule has 0 bridgehead atoms. The van der Waals surface area contributed by atoms with Gasteiger partial charge in [-0.2, -0.15) is 0 Å². The fourth-order valence-corrected chi connectivity index (χ4v) is 3.52. The Bertz CT molecular complexity index is 730. The molecule has 1 saturated heterocycles. The van der Waals surface area contributed by atoms with Crippen LogP contribution in [0.15, 0.2) is 42.5 Å². The molecule has 1 fully saturated rings. The Hall–Kier alpha value is -2.11. The van der Waals surface area contributed by atoms with Crippen LogP contribution in [0, 0.1) is 19.7 Å². The molecule has 2 N–H and O–H groups in total. The highest BCUT2D eigenvalue weighted by atomic mass is 19.1. The number of aliphatic hydroxyl groups is 1. The first-order valence-electron chi connectivity index (χ1n) is 9.24. The number of para-hydroxylation sites is 1. The summed E-state index contributed by atoms with van der Waals surface area (Å²) in [6.07, 6.45) is -0.509. The summed E-state index contributed by atoms with van der Waals surface area (Å²) >= 11 is 0. The highest BCUT2D eigenvalue weighted by Crippen LogP contribution is 2.19. The third kappa shape index (κ3) is 4.74. The van der Waals surface area contributed by atoms with Crippen LogP contribution in [0.2, 0.25) is 0 Å². The van der Waals surface area contributed by atoms with E-state index < -0.39 is 6.10 Å². The molecule has 5 heteroatoms. The molecule has 2 aromatic rings. The quantitative estimate of drug-likeness (QED) is 0.823. The maximum absolute atomic E-state index is 13.9. The smallest absolute Gasteiger partial charge is 0.146 e. The number of ether oxygens (including phenoxy) is 1. The summed E-state index contributed by atoms with van der Waals surface area (Å²) in [6, 6.07) is 13.0. The number of halogens is 1. The Labute approximate surface area is 154 Å². The lowest BCUT2D eigenvalue weighted by molar-refractivity contribution is -0.903. The van der Waals surface area contributed by atoms with E-state index in [2.05, 4.69) is 17.9 Å². The van der Waals surface area contributed by atoms with Crippen molar-refractivity contribution in [2.45, 2.75) is 20.0 Å². The Kier molecular flexibility index (Phi) is 6.12. The zero-order valence-electron chi connectivity index (χ0n) is 15.5. The number of aliphatic hydroxyl groups excluding tert-OH is 1. The van der Waals surface area contributed by atoms with Crippen LogP contribution in [-0.4, -0.2) is 50.5 Å². The molecule has 3 rings (SSSR count). The van der Waals surface area contributed by atoms with E-state index in [-0.39, 0.29) is 5.82 Å². The van der Waals surface area contributed by atoms with Crippen LogP contribution in [-0.2, 0) is 0 Å². The molecule has 140 valence electrons. The minimum Gasteiger partial charge on any atom is -0.490 e. The number of piperazine rings is 1. The SMILES string of the molecule is Cc1ccc(OCC(O)C[NH+]2CCN(c3ccccc3F)CC2)c(C)c1. The molecule has 26 heavy (non-hydrogen) atoms. The van der Waals surface area contributed by atoms with E-state index in [0.29, 0.717) is 18.8 Å². The molecule has 1 atom stereocenters. The van der Waals surface area contributed by atoms with Crippen molar-refractivity contribution in [2.24, 2.45) is 0 Å². The van der Waals surface area contributed by atoms with Gasteiger partial charge in [-0.3, -0.25) is 0 Å². The average Bonchev–Trinajstić information content (AvgIpc) is 2.62. The Balaban J connectivity index is 1.44. The Morgan fingerprint density at radius 2 is 1.88 bits per heavy atom. The van der Waals surface area contributed by atoms with Gasteiger partial charge in [-0.1, -0.05) is 29.8 Å². The summed E-state index contributed by atoms with van der Waals surface area (Å²) in [4.78, 5) is 3.41. The lowest BCUT2D eigenvalue weighted by Gasteiger charge is -2.34. The molecule has 0 aliphatic carbocycles. The summed E-state index contributed by atoms with van der Waals surface area (Å²) in [5.74, 6) is 0.659. The number of quaternary nitrogens is 1. The molecule has 1 aliphatic rings. The Morgan fingerprint density at radius 1 is 1.15 bits per heavy atom. The van der Waals surface area contributed by atoms with Crippen molar-refractivity contribution < 1.29 is 19.1 Å². The zero-order valence-corrected chi connectivity index (χ0v) is 15.5. The average molecular weight is 359 g/mol. The fourth-order valence-electron chi connectivity index (χ4n) is 3.52. The van der Waals surface area contributed by atoms with E-state index in [0.717, 1.165) is 37.5 Å². The van der Waals surface area contributed by atoms with Crippen molar-refractivity contribution in [1.82, 2.24) is 0 Å². The van der Waals surface area contributed by atoms with Crippen molar-refractivity contribution in [3.05, 3.63) is 59.4 Å². The first-order chi connectivity index (χ1) is 12.5. The molecule has 0 aromatic heterocycles. The van der Waals surface area contributed by atoms with Crippen molar-refractivity contribution in [1.29, 1.82) is 0 Å². The largest absolute Gasteiger partial charge is 0.490 e. The van der Waals surface area contributed by atoms with Gasteiger partial charge in [0.25, 0.3) is 0 Å². The van der Waals surface area contributed by atoms with E-state index in [1.165, 1.54) is 16.5 Å². The van der Waals surface area contributed by atoms with Crippen LogP contribution in [0.4, 0.5) is 10.1 Å². The van der Waals surface area contributed by atoms with E-state index in [1.807, 2.05) is 31.2 Å². The van der Waals surface area contributed by atoms with Gasteiger partial charge < -0.3 is 19.6 Å². The number of hydrogen-bond donors (Lipinski definition) is 2. The van der Waals surface area contributed by atoms with Gasteiger partial charge >= 0.3 is 0 Å². The molecular weight excluding hydrogens is 331 g/mol. The molecule has 1 heterocycles. The van der Waals surface area contributed by atoms with Gasteiger partial charge in [-0.25, -0.2) is 4.39 Å². The summed E-state index contributed by atoms with van der Waals surface area (Å²) in [7, 11) is 0. The molecule has 1 aliphatic heterocycles. The molecule has 0 amide bonds. The summed E-state index contributed by atoms with van der Waals surface area (Å²) < 4.78 is 19.7. The highest BCUT2D eigenvalue weighted by molar-refractivity contribution is 5.47. The zero-order chi connectivity index (χ0) is 18.5. The number of nitrogens with one attached hydrogen (secondary N) is 1. The van der Waals surface area contributed by atoms with E-state index in [1.54, 1.807) is 6.07 Å². The van der Waals surface area contributed by atoms with Gasteiger partial charge in [0.1, 0.15) is 30.8 Å². The van der Waals surface area contributed by atoms with Crippen molar-refractivity contribution in [3.63, 3.8) is 0 Å². The van der Waals surface area contributed by atoms with E-state index in [9.17, 15) is 9.50 Å². The van der Waals surface area contributed by atoms with Crippen LogP contribution >= 0.6 is 0 Å². The van der Waals surface area contributed by atoms with Crippen molar-refractivity contribution in [2.75, 3.05) is 44.2 Å². The standard InChI is InChI=1S/C21H27FN2O2/c1-16-7-8-21(17(2)13-16)26-15-18(25)14-23-9-11-24(12-10-23)20-6-4-3-5-19(20)22/h3-8,13,18,25H,9-12,14-15H2,1-2H3/p+1. The van der Waals surface area contributed by atoms with E-state index in [4.69, 9.17) is 4.74 Å². The topological polar surface area (TPSA) is 37.1 Å². The molecule has 4 nitrogen and oxygen atoms in total. The fraction of sp³-hybridized carbons (Fsp3) is 0.429. The molecule has 0 saturated carbocycles. The van der Waals surface area contributed by atoms with Crippen LogP contribution < -0.4 is 14.5 Å². The molecular formula is C21H28FN2O2+. The van der Waals surface area contributed by atoms with Crippen molar-refractivity contribution in [3.8, 4) is 5.75 Å². The van der Waals surface area contributed by atoms with Crippen molar-refractivity contribution >= 4 is 5.69 Å². The van der Waals surface area contributed by atoms with Gasteiger partial charge in [0.15, 0.2) is 0 Å².